The number of methoxy groups -OCH3 is 1. The number of fused-ring (bicyclic) bond motifs is 5. The quantitative estimate of drug-likeness (QED) is 0.584. The molecule has 2 aliphatic rings. The molecule has 1 saturated heterocycles. The molecule has 4 heterocycles. The summed E-state index contributed by atoms with van der Waals surface area (Å²) >= 11 is 0. The second-order valence-corrected chi connectivity index (χ2v) is 8.58. The van der Waals surface area contributed by atoms with Crippen LogP contribution in [-0.4, -0.2) is 57.3 Å². The van der Waals surface area contributed by atoms with Crippen LogP contribution in [0.2, 0.25) is 0 Å². The van der Waals surface area contributed by atoms with Crippen molar-refractivity contribution in [2.75, 3.05) is 13.7 Å². The average Bonchev–Trinajstić information content (AvgIpc) is 3.30. The number of pyridine rings is 1. The Balaban J connectivity index is 1.45. The van der Waals surface area contributed by atoms with Crippen LogP contribution in [0, 0.1) is 0 Å². The molecule has 2 atom stereocenters. The van der Waals surface area contributed by atoms with E-state index in [0.717, 1.165) is 32.7 Å². The van der Waals surface area contributed by atoms with E-state index in [9.17, 15) is 14.4 Å². The second-order valence-electron chi connectivity index (χ2n) is 8.58. The van der Waals surface area contributed by atoms with Gasteiger partial charge in [-0.1, -0.05) is 6.07 Å². The first-order chi connectivity index (χ1) is 15.9. The number of hydrogen-bond donors (Lipinski definition) is 2. The van der Waals surface area contributed by atoms with Crippen molar-refractivity contribution in [2.24, 2.45) is 0 Å². The number of hydrogen-bond acceptors (Lipinski definition) is 5. The van der Waals surface area contributed by atoms with Crippen LogP contribution in [0.1, 0.15) is 30.7 Å². The zero-order chi connectivity index (χ0) is 23.3. The van der Waals surface area contributed by atoms with E-state index in [1.54, 1.807) is 44.3 Å². The van der Waals surface area contributed by atoms with Gasteiger partial charge in [0.1, 0.15) is 11.8 Å². The molecule has 0 unspecified atom stereocenters. The fraction of sp³-hybridized carbons (Fsp3) is 0.333. The number of nitrogens with zero attached hydrogens (tertiary/aromatic N) is 3. The first-order valence-corrected chi connectivity index (χ1v) is 10.9. The van der Waals surface area contributed by atoms with Crippen molar-refractivity contribution in [3.05, 3.63) is 59.5 Å². The van der Waals surface area contributed by atoms with Crippen molar-refractivity contribution in [3.8, 4) is 5.75 Å². The third kappa shape index (κ3) is 3.06. The van der Waals surface area contributed by atoms with Gasteiger partial charge in [0.25, 0.3) is 5.91 Å². The van der Waals surface area contributed by atoms with E-state index in [0.29, 0.717) is 18.7 Å². The molecule has 1 fully saturated rings. The van der Waals surface area contributed by atoms with E-state index in [-0.39, 0.29) is 6.54 Å². The summed E-state index contributed by atoms with van der Waals surface area (Å²) in [7, 11) is 1.61. The molecule has 0 spiro atoms. The molecule has 5 rings (SSSR count). The molecule has 170 valence electrons. The normalized spacial score (nSPS) is 20.6. The molecule has 9 heteroatoms. The first kappa shape index (κ1) is 21.0. The lowest BCUT2D eigenvalue weighted by Crippen LogP contribution is -2.49. The Morgan fingerprint density at radius 2 is 2.15 bits per heavy atom. The Labute approximate surface area is 190 Å². The van der Waals surface area contributed by atoms with Gasteiger partial charge in [0.2, 0.25) is 5.91 Å². The molecule has 1 aromatic carbocycles. The SMILES string of the molecule is COc1ccc2[nH]c3c(c2c1)CCN1C(=O)N([C@@H](C)C(=O)NCc2cccnc2)C(=O)[C@]31C. The fourth-order valence-electron chi connectivity index (χ4n) is 4.87. The van der Waals surface area contributed by atoms with E-state index in [1.165, 1.54) is 0 Å². The van der Waals surface area contributed by atoms with Crippen LogP contribution in [0.3, 0.4) is 0 Å². The van der Waals surface area contributed by atoms with Gasteiger partial charge in [-0.25, -0.2) is 9.69 Å². The number of rotatable bonds is 5. The smallest absolute Gasteiger partial charge is 0.328 e. The lowest BCUT2D eigenvalue weighted by molar-refractivity contribution is -0.139. The minimum Gasteiger partial charge on any atom is -0.497 e. The summed E-state index contributed by atoms with van der Waals surface area (Å²) in [4.78, 5) is 49.9. The number of carbonyl (C=O) groups is 3. The maximum atomic E-state index is 13.7. The van der Waals surface area contributed by atoms with Crippen molar-refractivity contribution in [2.45, 2.75) is 38.4 Å². The zero-order valence-corrected chi connectivity index (χ0v) is 18.7. The summed E-state index contributed by atoms with van der Waals surface area (Å²) < 4.78 is 5.36. The van der Waals surface area contributed by atoms with Gasteiger partial charge >= 0.3 is 6.03 Å². The van der Waals surface area contributed by atoms with Crippen molar-refractivity contribution >= 4 is 28.7 Å². The summed E-state index contributed by atoms with van der Waals surface area (Å²) in [6.45, 7) is 3.98. The summed E-state index contributed by atoms with van der Waals surface area (Å²) in [5.41, 5.74) is 2.21. The van der Waals surface area contributed by atoms with E-state index < -0.39 is 29.4 Å². The summed E-state index contributed by atoms with van der Waals surface area (Å²) in [6.07, 6.45) is 3.91. The predicted molar refractivity (Wildman–Crippen MR) is 120 cm³/mol. The van der Waals surface area contributed by atoms with Gasteiger partial charge in [0.15, 0.2) is 5.54 Å². The third-order valence-electron chi connectivity index (χ3n) is 6.75. The number of urea groups is 1. The summed E-state index contributed by atoms with van der Waals surface area (Å²) in [6, 6.07) is 7.94. The van der Waals surface area contributed by atoms with Crippen LogP contribution < -0.4 is 10.1 Å². The van der Waals surface area contributed by atoms with Gasteiger partial charge in [0, 0.05) is 36.4 Å². The molecule has 4 amide bonds. The summed E-state index contributed by atoms with van der Waals surface area (Å²) in [5, 5.41) is 3.78. The number of amides is 4. The van der Waals surface area contributed by atoms with E-state index in [4.69, 9.17) is 4.74 Å². The molecular weight excluding hydrogens is 422 g/mol. The maximum absolute atomic E-state index is 13.7. The molecule has 0 bridgehead atoms. The minimum atomic E-state index is -1.20. The highest BCUT2D eigenvalue weighted by Gasteiger charge is 2.60. The Morgan fingerprint density at radius 3 is 2.88 bits per heavy atom. The number of aromatic nitrogens is 2. The van der Waals surface area contributed by atoms with Gasteiger partial charge < -0.3 is 19.9 Å². The van der Waals surface area contributed by atoms with E-state index in [1.807, 2.05) is 24.3 Å². The lowest BCUT2D eigenvalue weighted by atomic mass is 9.87. The molecule has 0 radical (unpaired) electrons. The fourth-order valence-corrected chi connectivity index (χ4v) is 4.87. The molecule has 0 saturated carbocycles. The Bertz CT molecular complexity index is 1270. The van der Waals surface area contributed by atoms with Crippen molar-refractivity contribution in [3.63, 3.8) is 0 Å². The highest BCUT2D eigenvalue weighted by atomic mass is 16.5. The molecule has 2 aliphatic heterocycles. The molecule has 2 N–H and O–H groups in total. The van der Waals surface area contributed by atoms with Gasteiger partial charge in [-0.15, -0.1) is 0 Å². The predicted octanol–water partition coefficient (Wildman–Crippen LogP) is 2.31. The van der Waals surface area contributed by atoms with Gasteiger partial charge in [-0.2, -0.15) is 0 Å². The molecule has 33 heavy (non-hydrogen) atoms. The van der Waals surface area contributed by atoms with Gasteiger partial charge in [-0.3, -0.25) is 14.6 Å². The van der Waals surface area contributed by atoms with Gasteiger partial charge in [-0.05, 0) is 55.7 Å². The maximum Gasteiger partial charge on any atom is 0.328 e. The average molecular weight is 447 g/mol. The standard InChI is InChI=1S/C24H25N5O4/c1-14(21(30)26-13-15-5-4-9-25-12-15)29-22(31)24(2)20-17(8-10-28(24)23(29)32)18-11-16(33-3)6-7-19(18)27-20/h4-7,9,11-12,14,27H,8,10,13H2,1-3H3,(H,26,30)/t14-,24-/m0/s1. The number of nitrogens with one attached hydrogen (secondary N) is 2. The Hall–Kier alpha value is -3.88. The zero-order valence-electron chi connectivity index (χ0n) is 18.7. The monoisotopic (exact) mass is 447 g/mol. The van der Waals surface area contributed by atoms with Gasteiger partial charge in [0.05, 0.1) is 12.8 Å². The van der Waals surface area contributed by atoms with Crippen LogP contribution in [0.4, 0.5) is 4.79 Å². The highest BCUT2D eigenvalue weighted by Crippen LogP contribution is 2.45. The number of aromatic amines is 1. The van der Waals surface area contributed by atoms with Crippen molar-refractivity contribution in [1.29, 1.82) is 0 Å². The number of carbonyl (C=O) groups excluding carboxylic acids is 3. The van der Waals surface area contributed by atoms with E-state index in [2.05, 4.69) is 15.3 Å². The lowest BCUT2D eigenvalue weighted by Gasteiger charge is -2.36. The van der Waals surface area contributed by atoms with Crippen LogP contribution in [0.5, 0.6) is 5.75 Å². The molecule has 0 aliphatic carbocycles. The number of ether oxygens (including phenoxy) is 1. The molecule has 9 nitrogen and oxygen atoms in total. The molecule has 2 aromatic heterocycles. The summed E-state index contributed by atoms with van der Waals surface area (Å²) in [5.74, 6) is -0.0761. The highest BCUT2D eigenvalue weighted by molar-refractivity contribution is 6.11. The van der Waals surface area contributed by atoms with Crippen LogP contribution in [0.15, 0.2) is 42.7 Å². The second kappa shape index (κ2) is 7.61. The van der Waals surface area contributed by atoms with Crippen LogP contribution in [0.25, 0.3) is 10.9 Å². The first-order valence-electron chi connectivity index (χ1n) is 10.9. The topological polar surface area (TPSA) is 108 Å². The largest absolute Gasteiger partial charge is 0.497 e. The Morgan fingerprint density at radius 1 is 1.33 bits per heavy atom. The molecule has 3 aromatic rings. The van der Waals surface area contributed by atoms with Crippen molar-refractivity contribution < 1.29 is 19.1 Å². The van der Waals surface area contributed by atoms with Crippen LogP contribution in [-0.2, 0) is 28.1 Å². The number of imide groups is 1. The number of benzene rings is 1. The van der Waals surface area contributed by atoms with Crippen LogP contribution >= 0.6 is 0 Å². The minimum absolute atomic E-state index is 0.266. The van der Waals surface area contributed by atoms with Crippen molar-refractivity contribution in [1.82, 2.24) is 25.1 Å². The van der Waals surface area contributed by atoms with E-state index >= 15 is 0 Å². The number of H-pyrrole nitrogens is 1. The molecular formula is C24H25N5O4. The Kier molecular flexibility index (Phi) is 4.84. The third-order valence-corrected chi connectivity index (χ3v) is 6.75.